The Hall–Kier alpha value is -2.96. The number of aromatic nitrogens is 4. The zero-order valence-corrected chi connectivity index (χ0v) is 14.6. The van der Waals surface area contributed by atoms with E-state index < -0.39 is 0 Å². The number of aryl methyl sites for hydroxylation is 3. The topological polar surface area (TPSA) is 77.1 Å². The van der Waals surface area contributed by atoms with Crippen molar-refractivity contribution in [3.63, 3.8) is 0 Å². The summed E-state index contributed by atoms with van der Waals surface area (Å²) in [6.07, 6.45) is 4.41. The molecule has 1 amide bonds. The molecule has 1 aromatic carbocycles. The lowest BCUT2D eigenvalue weighted by Gasteiger charge is -2.15. The average Bonchev–Trinajstić information content (AvgIpc) is 3.22. The van der Waals surface area contributed by atoms with Gasteiger partial charge in [-0.3, -0.25) is 9.48 Å². The van der Waals surface area contributed by atoms with Crippen LogP contribution in [0.4, 0.5) is 0 Å². The first-order valence-electron chi connectivity index (χ1n) is 8.12. The third kappa shape index (κ3) is 4.32. The molecule has 0 aliphatic carbocycles. The number of carbonyl (C=O) groups excluding carboxylic acids is 1. The summed E-state index contributed by atoms with van der Waals surface area (Å²) in [6.45, 7) is 2.56. The van der Waals surface area contributed by atoms with Crippen molar-refractivity contribution in [1.82, 2.24) is 24.9 Å². The lowest BCUT2D eigenvalue weighted by atomic mass is 10.1. The fraction of sp³-hybridized carbons (Fsp3) is 0.333. The van der Waals surface area contributed by atoms with Crippen molar-refractivity contribution < 1.29 is 9.21 Å². The van der Waals surface area contributed by atoms with Gasteiger partial charge in [0.1, 0.15) is 0 Å². The van der Waals surface area contributed by atoms with E-state index in [0.29, 0.717) is 31.2 Å². The van der Waals surface area contributed by atoms with Gasteiger partial charge >= 0.3 is 0 Å². The zero-order chi connectivity index (χ0) is 17.8. The van der Waals surface area contributed by atoms with Crippen molar-refractivity contribution in [2.75, 3.05) is 7.05 Å². The largest absolute Gasteiger partial charge is 0.421 e. The maximum atomic E-state index is 12.3. The minimum Gasteiger partial charge on any atom is -0.421 e. The lowest BCUT2D eigenvalue weighted by molar-refractivity contribution is -0.130. The zero-order valence-electron chi connectivity index (χ0n) is 14.6. The monoisotopic (exact) mass is 339 g/mol. The standard InChI is InChI=1S/C18H21N5O2/c1-13-4-6-15(7-5-13)18-21-20-16(25-18)8-9-17(24)22(2)11-14-10-19-23(3)12-14/h4-7,10,12H,8-9,11H2,1-3H3. The van der Waals surface area contributed by atoms with Gasteiger partial charge in [-0.15, -0.1) is 10.2 Å². The van der Waals surface area contributed by atoms with E-state index in [1.54, 1.807) is 22.8 Å². The number of hydrogen-bond acceptors (Lipinski definition) is 5. The molecule has 0 atom stereocenters. The molecule has 3 aromatic rings. The molecule has 2 heterocycles. The Labute approximate surface area is 146 Å². The molecular formula is C18H21N5O2. The van der Waals surface area contributed by atoms with Crippen LogP contribution < -0.4 is 0 Å². The van der Waals surface area contributed by atoms with Gasteiger partial charge in [0.15, 0.2) is 0 Å². The highest BCUT2D eigenvalue weighted by molar-refractivity contribution is 5.76. The van der Waals surface area contributed by atoms with Gasteiger partial charge in [-0.25, -0.2) is 0 Å². The predicted molar refractivity (Wildman–Crippen MR) is 92.5 cm³/mol. The Morgan fingerprint density at radius 2 is 2.00 bits per heavy atom. The smallest absolute Gasteiger partial charge is 0.247 e. The number of benzene rings is 1. The molecule has 0 unspecified atom stereocenters. The van der Waals surface area contributed by atoms with Crippen molar-refractivity contribution >= 4 is 5.91 Å². The van der Waals surface area contributed by atoms with Gasteiger partial charge in [0.05, 0.1) is 6.20 Å². The second kappa shape index (κ2) is 7.29. The Bertz CT molecular complexity index is 850. The molecule has 0 bridgehead atoms. The minimum atomic E-state index is 0.0268. The van der Waals surface area contributed by atoms with Gasteiger partial charge in [-0.2, -0.15) is 5.10 Å². The highest BCUT2D eigenvalue weighted by Gasteiger charge is 2.14. The molecule has 0 N–H and O–H groups in total. The third-order valence-electron chi connectivity index (χ3n) is 3.92. The molecule has 0 aliphatic rings. The van der Waals surface area contributed by atoms with Crippen molar-refractivity contribution in [3.8, 4) is 11.5 Å². The van der Waals surface area contributed by atoms with E-state index >= 15 is 0 Å². The molecule has 0 aliphatic heterocycles. The van der Waals surface area contributed by atoms with Gasteiger partial charge in [-0.1, -0.05) is 17.7 Å². The lowest BCUT2D eigenvalue weighted by Crippen LogP contribution is -2.26. The highest BCUT2D eigenvalue weighted by atomic mass is 16.4. The van der Waals surface area contributed by atoms with Crippen molar-refractivity contribution in [3.05, 3.63) is 53.7 Å². The second-order valence-electron chi connectivity index (χ2n) is 6.14. The number of amides is 1. The summed E-state index contributed by atoms with van der Waals surface area (Å²) in [5, 5.41) is 12.2. The first-order chi connectivity index (χ1) is 12.0. The molecule has 25 heavy (non-hydrogen) atoms. The Balaban J connectivity index is 1.54. The SMILES string of the molecule is Cc1ccc(-c2nnc(CCC(=O)N(C)Cc3cnn(C)c3)o2)cc1. The van der Waals surface area contributed by atoms with Crippen LogP contribution in [0.5, 0.6) is 0 Å². The summed E-state index contributed by atoms with van der Waals surface area (Å²) >= 11 is 0. The second-order valence-corrected chi connectivity index (χ2v) is 6.14. The minimum absolute atomic E-state index is 0.0268. The summed E-state index contributed by atoms with van der Waals surface area (Å²) in [6, 6.07) is 7.88. The van der Waals surface area contributed by atoms with E-state index in [1.807, 2.05) is 44.4 Å². The molecular weight excluding hydrogens is 318 g/mol. The van der Waals surface area contributed by atoms with Crippen LogP contribution in [0.3, 0.4) is 0 Å². The molecule has 7 heteroatoms. The van der Waals surface area contributed by atoms with E-state index in [0.717, 1.165) is 11.1 Å². The van der Waals surface area contributed by atoms with E-state index in [-0.39, 0.29) is 5.91 Å². The number of rotatable bonds is 6. The van der Waals surface area contributed by atoms with Crippen molar-refractivity contribution in [2.24, 2.45) is 7.05 Å². The normalized spacial score (nSPS) is 10.8. The van der Waals surface area contributed by atoms with E-state index in [9.17, 15) is 4.79 Å². The highest BCUT2D eigenvalue weighted by Crippen LogP contribution is 2.18. The van der Waals surface area contributed by atoms with Crippen LogP contribution in [0.25, 0.3) is 11.5 Å². The van der Waals surface area contributed by atoms with Crippen molar-refractivity contribution in [2.45, 2.75) is 26.3 Å². The first-order valence-corrected chi connectivity index (χ1v) is 8.12. The Kier molecular flexibility index (Phi) is 4.92. The molecule has 7 nitrogen and oxygen atoms in total. The maximum absolute atomic E-state index is 12.3. The Morgan fingerprint density at radius 3 is 2.68 bits per heavy atom. The summed E-state index contributed by atoms with van der Waals surface area (Å²) in [4.78, 5) is 13.9. The molecule has 0 radical (unpaired) electrons. The summed E-state index contributed by atoms with van der Waals surface area (Å²) in [7, 11) is 3.63. The number of carbonyl (C=O) groups is 1. The van der Waals surface area contributed by atoms with Gasteiger partial charge in [0, 0.05) is 50.8 Å². The van der Waals surface area contributed by atoms with Crippen LogP contribution in [0, 0.1) is 6.92 Å². The summed E-state index contributed by atoms with van der Waals surface area (Å²) in [5.74, 6) is 0.976. The van der Waals surface area contributed by atoms with E-state index in [2.05, 4.69) is 15.3 Å². The van der Waals surface area contributed by atoms with Crippen molar-refractivity contribution in [1.29, 1.82) is 0 Å². The third-order valence-corrected chi connectivity index (χ3v) is 3.92. The van der Waals surface area contributed by atoms with Gasteiger partial charge < -0.3 is 9.32 Å². The van der Waals surface area contributed by atoms with Crippen LogP contribution >= 0.6 is 0 Å². The van der Waals surface area contributed by atoms with E-state index in [4.69, 9.17) is 4.42 Å². The fourth-order valence-electron chi connectivity index (χ4n) is 2.49. The molecule has 0 saturated carbocycles. The average molecular weight is 339 g/mol. The quantitative estimate of drug-likeness (QED) is 0.689. The van der Waals surface area contributed by atoms with E-state index in [1.165, 1.54) is 5.56 Å². The molecule has 2 aromatic heterocycles. The van der Waals surface area contributed by atoms with Crippen LogP contribution in [-0.2, 0) is 24.8 Å². The maximum Gasteiger partial charge on any atom is 0.247 e. The molecule has 0 fully saturated rings. The van der Waals surface area contributed by atoms with Crippen LogP contribution in [0.15, 0.2) is 41.1 Å². The Morgan fingerprint density at radius 1 is 1.24 bits per heavy atom. The molecule has 0 spiro atoms. The van der Waals surface area contributed by atoms with Crippen LogP contribution in [0.1, 0.15) is 23.4 Å². The fourth-order valence-corrected chi connectivity index (χ4v) is 2.49. The van der Waals surface area contributed by atoms with Gasteiger partial charge in [-0.05, 0) is 19.1 Å². The molecule has 0 saturated heterocycles. The molecule has 130 valence electrons. The summed E-state index contributed by atoms with van der Waals surface area (Å²) in [5.41, 5.74) is 3.05. The van der Waals surface area contributed by atoms with Gasteiger partial charge in [0.25, 0.3) is 0 Å². The van der Waals surface area contributed by atoms with Crippen LogP contribution in [0.2, 0.25) is 0 Å². The number of nitrogens with zero attached hydrogens (tertiary/aromatic N) is 5. The van der Waals surface area contributed by atoms with Gasteiger partial charge in [0.2, 0.25) is 17.7 Å². The van der Waals surface area contributed by atoms with Crippen LogP contribution in [-0.4, -0.2) is 37.8 Å². The number of hydrogen-bond donors (Lipinski definition) is 0. The first kappa shape index (κ1) is 16.9. The summed E-state index contributed by atoms with van der Waals surface area (Å²) < 4.78 is 7.38. The predicted octanol–water partition coefficient (Wildman–Crippen LogP) is 2.37. The molecule has 3 rings (SSSR count).